The van der Waals surface area contributed by atoms with E-state index in [0.717, 1.165) is 0 Å². The Morgan fingerprint density at radius 3 is 2.14 bits per heavy atom. The number of hydrogen-bond acceptors (Lipinski definition) is 7. The van der Waals surface area contributed by atoms with Crippen LogP contribution in [-0.4, -0.2) is 78.9 Å². The van der Waals surface area contributed by atoms with Crippen LogP contribution in [0.1, 0.15) is 13.3 Å². The molecule has 0 saturated heterocycles. The number of rotatable bonds is 10. The zero-order valence-corrected chi connectivity index (χ0v) is 13.7. The van der Waals surface area contributed by atoms with Crippen LogP contribution in [0, 0.1) is 0 Å². The number of quaternary nitrogens is 1. The van der Waals surface area contributed by atoms with E-state index in [1.807, 2.05) is 0 Å². The summed E-state index contributed by atoms with van der Waals surface area (Å²) in [5, 5.41) is 19.1. The number of phosphoric acid groups is 1. The fourth-order valence-corrected chi connectivity index (χ4v) is 1.70. The lowest BCUT2D eigenvalue weighted by Crippen LogP contribution is -2.47. The van der Waals surface area contributed by atoms with Gasteiger partial charge in [0.05, 0.1) is 27.7 Å². The summed E-state index contributed by atoms with van der Waals surface area (Å²) in [5.41, 5.74) is 0. The monoisotopic (exact) mass is 330 g/mol. The van der Waals surface area contributed by atoms with Crippen LogP contribution in [-0.2, 0) is 23.1 Å². The molecule has 126 valence electrons. The van der Waals surface area contributed by atoms with E-state index in [2.05, 4.69) is 13.8 Å². The molecule has 0 aromatic heterocycles. The third-order valence-electron chi connectivity index (χ3n) is 2.44. The first-order chi connectivity index (χ1) is 9.48. The van der Waals surface area contributed by atoms with Gasteiger partial charge in [0.15, 0.2) is 0 Å². The number of carbonyl (C=O) groups is 1. The molecule has 3 atom stereocenters. The summed E-state index contributed by atoms with van der Waals surface area (Å²) in [6.07, 6.45) is -2.09. The largest absolute Gasteiger partial charge is 0.472 e. The van der Waals surface area contributed by atoms with Crippen LogP contribution in [0.25, 0.3) is 0 Å². The minimum atomic E-state index is -4.39. The van der Waals surface area contributed by atoms with Gasteiger partial charge in [-0.1, -0.05) is 6.92 Å². The van der Waals surface area contributed by atoms with E-state index in [4.69, 9.17) is 0 Å². The van der Waals surface area contributed by atoms with Crippen molar-refractivity contribution in [2.45, 2.75) is 25.7 Å². The average molecular weight is 330 g/mol. The number of aliphatic hydroxyl groups is 2. The molecule has 0 aromatic rings. The van der Waals surface area contributed by atoms with E-state index in [1.54, 1.807) is 28.1 Å². The number of nitrogens with zero attached hydrogens (tertiary/aromatic N) is 1. The number of esters is 1. The van der Waals surface area contributed by atoms with Gasteiger partial charge in [0.1, 0.15) is 19.3 Å². The first-order valence-corrected chi connectivity index (χ1v) is 7.92. The molecule has 0 aliphatic heterocycles. The van der Waals surface area contributed by atoms with Crippen LogP contribution in [0.15, 0.2) is 0 Å². The van der Waals surface area contributed by atoms with Crippen LogP contribution in [0.2, 0.25) is 0 Å². The molecule has 0 amide bonds. The predicted octanol–water partition coefficient (Wildman–Crippen LogP) is -0.541. The Morgan fingerprint density at radius 1 is 1.14 bits per heavy atom. The van der Waals surface area contributed by atoms with Crippen molar-refractivity contribution in [3.05, 3.63) is 0 Å². The number of phosphoric ester groups is 1. The van der Waals surface area contributed by atoms with Crippen LogP contribution < -0.4 is 0 Å². The molecule has 10 heteroatoms. The van der Waals surface area contributed by atoms with Gasteiger partial charge >= 0.3 is 13.8 Å². The fraction of sp³-hybridized carbons (Fsp3) is 0.909. The number of aliphatic hydroxyl groups excluding tert-OH is 2. The van der Waals surface area contributed by atoms with E-state index in [9.17, 15) is 24.5 Å². The maximum absolute atomic E-state index is 11.5. The molecular weight excluding hydrogens is 305 g/mol. The SMILES string of the molecule is CCC(=O)OC[C@H](O)COP(=O)(O)OC[C@@H](O)[N+](C)(C)C. The van der Waals surface area contributed by atoms with E-state index >= 15 is 0 Å². The highest BCUT2D eigenvalue weighted by Gasteiger charge is 2.28. The maximum atomic E-state index is 11.5. The lowest BCUT2D eigenvalue weighted by molar-refractivity contribution is -0.918. The van der Waals surface area contributed by atoms with Crippen molar-refractivity contribution in [3.63, 3.8) is 0 Å². The maximum Gasteiger partial charge on any atom is 0.472 e. The molecule has 0 aliphatic carbocycles. The van der Waals surface area contributed by atoms with Crippen molar-refractivity contribution in [1.29, 1.82) is 0 Å². The minimum Gasteiger partial charge on any atom is -0.463 e. The van der Waals surface area contributed by atoms with Crippen LogP contribution in [0.3, 0.4) is 0 Å². The first-order valence-electron chi connectivity index (χ1n) is 6.42. The highest BCUT2D eigenvalue weighted by atomic mass is 31.2. The second kappa shape index (κ2) is 8.79. The molecule has 0 fully saturated rings. The van der Waals surface area contributed by atoms with Crippen molar-refractivity contribution < 1.29 is 42.7 Å². The Hall–Kier alpha value is -0.540. The van der Waals surface area contributed by atoms with Crippen molar-refractivity contribution in [1.82, 2.24) is 0 Å². The van der Waals surface area contributed by atoms with Crippen molar-refractivity contribution in [3.8, 4) is 0 Å². The highest BCUT2D eigenvalue weighted by molar-refractivity contribution is 7.47. The number of ether oxygens (including phenoxy) is 1. The molecule has 0 spiro atoms. The molecule has 0 bridgehead atoms. The van der Waals surface area contributed by atoms with Crippen molar-refractivity contribution in [2.24, 2.45) is 0 Å². The molecule has 3 N–H and O–H groups in total. The quantitative estimate of drug-likeness (QED) is 0.211. The lowest BCUT2D eigenvalue weighted by atomic mass is 10.4. The molecule has 0 aromatic carbocycles. The number of likely N-dealkylation sites (N-methyl/N-ethyl adjacent to an activating group) is 1. The molecule has 0 radical (unpaired) electrons. The smallest absolute Gasteiger partial charge is 0.463 e. The molecular formula is C11H25NO8P+. The number of hydrogen-bond donors (Lipinski definition) is 3. The molecule has 0 heterocycles. The Labute approximate surface area is 124 Å². The van der Waals surface area contributed by atoms with Gasteiger partial charge in [-0.25, -0.2) is 4.57 Å². The summed E-state index contributed by atoms with van der Waals surface area (Å²) < 4.78 is 25.4. The summed E-state index contributed by atoms with van der Waals surface area (Å²) in [7, 11) is 0.656. The van der Waals surface area contributed by atoms with Gasteiger partial charge in [0, 0.05) is 6.42 Å². The molecule has 0 saturated carbocycles. The molecule has 21 heavy (non-hydrogen) atoms. The van der Waals surface area contributed by atoms with Crippen LogP contribution in [0.5, 0.6) is 0 Å². The van der Waals surface area contributed by atoms with Crippen LogP contribution >= 0.6 is 7.82 Å². The average Bonchev–Trinajstić information content (AvgIpc) is 2.38. The van der Waals surface area contributed by atoms with Gasteiger partial charge in [-0.15, -0.1) is 0 Å². The van der Waals surface area contributed by atoms with Gasteiger partial charge in [-0.05, 0) is 0 Å². The summed E-state index contributed by atoms with van der Waals surface area (Å²) in [5.74, 6) is -0.497. The van der Waals surface area contributed by atoms with Gasteiger partial charge in [-0.2, -0.15) is 0 Å². The Kier molecular flexibility index (Phi) is 8.57. The molecule has 1 unspecified atom stereocenters. The second-order valence-corrected chi connectivity index (χ2v) is 6.80. The Balaban J connectivity index is 4.07. The standard InChI is InChI=1S/C11H24NO8P/c1-5-11(15)18-6-9(13)7-19-21(16,17)20-8-10(14)12(2,3)4/h9-10,13-14H,5-8H2,1-4H3/p+1/t9-,10+/m0/s1. The van der Waals surface area contributed by atoms with Gasteiger partial charge in [0.2, 0.25) is 6.23 Å². The normalized spacial score (nSPS) is 17.9. The number of carbonyl (C=O) groups excluding carboxylic acids is 1. The first kappa shape index (κ1) is 20.5. The fourth-order valence-electron chi connectivity index (χ4n) is 0.941. The van der Waals surface area contributed by atoms with Crippen molar-refractivity contribution in [2.75, 3.05) is 41.0 Å². The zero-order valence-electron chi connectivity index (χ0n) is 12.8. The van der Waals surface area contributed by atoms with Gasteiger partial charge < -0.3 is 24.3 Å². The lowest BCUT2D eigenvalue weighted by Gasteiger charge is -2.29. The van der Waals surface area contributed by atoms with E-state index in [1.165, 1.54) is 0 Å². The van der Waals surface area contributed by atoms with E-state index < -0.39 is 39.3 Å². The van der Waals surface area contributed by atoms with Crippen molar-refractivity contribution >= 4 is 13.8 Å². The van der Waals surface area contributed by atoms with Gasteiger partial charge in [-0.3, -0.25) is 13.8 Å². The van der Waals surface area contributed by atoms with Gasteiger partial charge in [0.25, 0.3) is 0 Å². The summed E-state index contributed by atoms with van der Waals surface area (Å²) in [4.78, 5) is 20.2. The predicted molar refractivity (Wildman–Crippen MR) is 73.0 cm³/mol. The second-order valence-electron chi connectivity index (χ2n) is 5.35. The molecule has 0 aliphatic rings. The molecule has 0 rings (SSSR count). The van der Waals surface area contributed by atoms with E-state index in [0.29, 0.717) is 0 Å². The summed E-state index contributed by atoms with van der Waals surface area (Å²) in [6, 6.07) is 0. The third kappa shape index (κ3) is 9.92. The topological polar surface area (TPSA) is 123 Å². The summed E-state index contributed by atoms with van der Waals surface area (Å²) >= 11 is 0. The van der Waals surface area contributed by atoms with Crippen LogP contribution in [0.4, 0.5) is 0 Å². The highest BCUT2D eigenvalue weighted by Crippen LogP contribution is 2.43. The Morgan fingerprint density at radius 2 is 1.67 bits per heavy atom. The zero-order chi connectivity index (χ0) is 16.7. The minimum absolute atomic E-state index is 0.121. The van der Waals surface area contributed by atoms with E-state index in [-0.39, 0.29) is 17.5 Å². The summed E-state index contributed by atoms with van der Waals surface area (Å²) in [6.45, 7) is 0.317. The molecule has 9 nitrogen and oxygen atoms in total. The Bertz CT molecular complexity index is 370. The third-order valence-corrected chi connectivity index (χ3v) is 3.39.